The van der Waals surface area contributed by atoms with Gasteiger partial charge in [0.15, 0.2) is 5.15 Å². The standard InChI is InChI=1S/C10H12Cl2N2O3S/c1-4(2)6(10(16)17-3)13-9(15)7-5(11)8(12)14-18-7/h4,6H,1-3H3,(H,13,15). The number of amides is 1. The van der Waals surface area contributed by atoms with Gasteiger partial charge in [0, 0.05) is 0 Å². The van der Waals surface area contributed by atoms with Crippen molar-refractivity contribution in [2.45, 2.75) is 19.9 Å². The van der Waals surface area contributed by atoms with Crippen molar-refractivity contribution in [3.05, 3.63) is 15.1 Å². The van der Waals surface area contributed by atoms with Crippen molar-refractivity contribution in [3.8, 4) is 0 Å². The van der Waals surface area contributed by atoms with Gasteiger partial charge in [0.1, 0.15) is 15.9 Å². The van der Waals surface area contributed by atoms with Crippen LogP contribution in [0.5, 0.6) is 0 Å². The number of nitrogens with zero attached hydrogens (tertiary/aromatic N) is 1. The summed E-state index contributed by atoms with van der Waals surface area (Å²) in [4.78, 5) is 23.6. The molecular weight excluding hydrogens is 299 g/mol. The van der Waals surface area contributed by atoms with E-state index >= 15 is 0 Å². The Bertz CT molecular complexity index is 462. The zero-order chi connectivity index (χ0) is 13.9. The second-order valence-corrected chi connectivity index (χ2v) is 5.34. The number of rotatable bonds is 4. The van der Waals surface area contributed by atoms with Crippen molar-refractivity contribution in [3.63, 3.8) is 0 Å². The molecule has 1 N–H and O–H groups in total. The van der Waals surface area contributed by atoms with Gasteiger partial charge in [-0.3, -0.25) is 4.79 Å². The molecule has 5 nitrogen and oxygen atoms in total. The average Bonchev–Trinajstić information content (AvgIpc) is 2.65. The van der Waals surface area contributed by atoms with Crippen molar-refractivity contribution in [1.82, 2.24) is 9.69 Å². The summed E-state index contributed by atoms with van der Waals surface area (Å²) in [6, 6.07) is -0.737. The van der Waals surface area contributed by atoms with E-state index in [2.05, 4.69) is 14.4 Å². The summed E-state index contributed by atoms with van der Waals surface area (Å²) in [5.74, 6) is -1.11. The van der Waals surface area contributed by atoms with E-state index in [0.29, 0.717) is 0 Å². The fraction of sp³-hybridized carbons (Fsp3) is 0.500. The lowest BCUT2D eigenvalue weighted by atomic mass is 10.0. The molecule has 100 valence electrons. The van der Waals surface area contributed by atoms with Crippen LogP contribution in [0.4, 0.5) is 0 Å². The number of aromatic nitrogens is 1. The Labute approximate surface area is 119 Å². The van der Waals surface area contributed by atoms with Crippen molar-refractivity contribution >= 4 is 46.6 Å². The van der Waals surface area contributed by atoms with Crippen molar-refractivity contribution in [2.24, 2.45) is 5.92 Å². The molecule has 0 fully saturated rings. The molecular formula is C10H12Cl2N2O3S. The molecule has 1 atom stereocenters. The van der Waals surface area contributed by atoms with Gasteiger partial charge < -0.3 is 10.1 Å². The highest BCUT2D eigenvalue weighted by atomic mass is 35.5. The van der Waals surface area contributed by atoms with Crippen LogP contribution in [0.15, 0.2) is 0 Å². The van der Waals surface area contributed by atoms with E-state index < -0.39 is 17.9 Å². The minimum Gasteiger partial charge on any atom is -0.467 e. The molecule has 0 saturated heterocycles. The van der Waals surface area contributed by atoms with Crippen LogP contribution in [0.1, 0.15) is 23.5 Å². The minimum absolute atomic E-state index is 0.0750. The van der Waals surface area contributed by atoms with Crippen molar-refractivity contribution < 1.29 is 14.3 Å². The van der Waals surface area contributed by atoms with E-state index in [9.17, 15) is 9.59 Å². The second kappa shape index (κ2) is 6.36. The molecule has 0 aromatic carbocycles. The molecule has 18 heavy (non-hydrogen) atoms. The van der Waals surface area contributed by atoms with Crippen LogP contribution in [-0.4, -0.2) is 29.4 Å². The number of hydrogen-bond donors (Lipinski definition) is 1. The van der Waals surface area contributed by atoms with Gasteiger partial charge in [-0.15, -0.1) is 0 Å². The number of carbonyl (C=O) groups is 2. The van der Waals surface area contributed by atoms with Crippen molar-refractivity contribution in [2.75, 3.05) is 7.11 Å². The lowest BCUT2D eigenvalue weighted by Gasteiger charge is -2.19. The average molecular weight is 311 g/mol. The maximum atomic E-state index is 11.9. The summed E-state index contributed by atoms with van der Waals surface area (Å²) in [6.45, 7) is 3.59. The molecule has 0 aliphatic rings. The summed E-state index contributed by atoms with van der Waals surface area (Å²) in [5.41, 5.74) is 0. The van der Waals surface area contributed by atoms with Gasteiger partial charge in [-0.25, -0.2) is 4.79 Å². The first-order valence-electron chi connectivity index (χ1n) is 5.07. The van der Waals surface area contributed by atoms with E-state index in [1.54, 1.807) is 13.8 Å². The van der Waals surface area contributed by atoms with E-state index in [1.807, 2.05) is 0 Å². The summed E-state index contributed by atoms with van der Waals surface area (Å²) < 4.78 is 8.37. The Hall–Kier alpha value is -0.850. The predicted molar refractivity (Wildman–Crippen MR) is 70.2 cm³/mol. The monoisotopic (exact) mass is 310 g/mol. The summed E-state index contributed by atoms with van der Waals surface area (Å²) in [5, 5.41) is 2.72. The third kappa shape index (κ3) is 3.34. The second-order valence-electron chi connectivity index (χ2n) is 3.83. The Kier molecular flexibility index (Phi) is 5.37. The van der Waals surface area contributed by atoms with Crippen molar-refractivity contribution in [1.29, 1.82) is 0 Å². The third-order valence-electron chi connectivity index (χ3n) is 2.21. The van der Waals surface area contributed by atoms with Crippen LogP contribution < -0.4 is 5.32 Å². The van der Waals surface area contributed by atoms with Gasteiger partial charge in [0.05, 0.1) is 7.11 Å². The number of methoxy groups -OCH3 is 1. The van der Waals surface area contributed by atoms with E-state index in [1.165, 1.54) is 7.11 Å². The molecule has 0 aliphatic heterocycles. The van der Waals surface area contributed by atoms with Gasteiger partial charge in [-0.2, -0.15) is 4.37 Å². The number of carbonyl (C=O) groups excluding carboxylic acids is 2. The molecule has 0 aliphatic carbocycles. The van der Waals surface area contributed by atoms with Crippen LogP contribution in [0, 0.1) is 5.92 Å². The quantitative estimate of drug-likeness (QED) is 0.867. The molecule has 0 radical (unpaired) electrons. The first-order valence-corrected chi connectivity index (χ1v) is 6.60. The van der Waals surface area contributed by atoms with Crippen LogP contribution in [-0.2, 0) is 9.53 Å². The van der Waals surface area contributed by atoms with Crippen LogP contribution in [0.25, 0.3) is 0 Å². The molecule has 0 bridgehead atoms. The highest BCUT2D eigenvalue weighted by molar-refractivity contribution is 7.09. The third-order valence-corrected chi connectivity index (χ3v) is 4.01. The zero-order valence-electron chi connectivity index (χ0n) is 9.99. The van der Waals surface area contributed by atoms with Gasteiger partial charge in [0.25, 0.3) is 5.91 Å². The molecule has 1 aromatic heterocycles. The minimum atomic E-state index is -0.737. The van der Waals surface area contributed by atoms with Gasteiger partial charge in [-0.1, -0.05) is 37.0 Å². The molecule has 1 rings (SSSR count). The van der Waals surface area contributed by atoms with E-state index in [0.717, 1.165) is 11.5 Å². The molecule has 1 amide bonds. The maximum absolute atomic E-state index is 11.9. The number of nitrogens with one attached hydrogen (secondary N) is 1. The Morgan fingerprint density at radius 3 is 2.39 bits per heavy atom. The molecule has 1 heterocycles. The summed E-state index contributed by atoms with van der Waals surface area (Å²) in [7, 11) is 1.26. The van der Waals surface area contributed by atoms with Crippen LogP contribution >= 0.6 is 34.7 Å². The molecule has 0 saturated carbocycles. The maximum Gasteiger partial charge on any atom is 0.328 e. The SMILES string of the molecule is COC(=O)C(NC(=O)c1snc(Cl)c1Cl)C(C)C. The first kappa shape index (κ1) is 15.2. The smallest absolute Gasteiger partial charge is 0.328 e. The number of esters is 1. The zero-order valence-corrected chi connectivity index (χ0v) is 12.3. The summed E-state index contributed by atoms with van der Waals surface area (Å²) >= 11 is 12.4. The van der Waals surface area contributed by atoms with Crippen LogP contribution in [0.2, 0.25) is 10.2 Å². The normalized spacial score (nSPS) is 12.3. The van der Waals surface area contributed by atoms with Gasteiger partial charge in [-0.05, 0) is 17.5 Å². The fourth-order valence-corrected chi connectivity index (χ4v) is 2.35. The topological polar surface area (TPSA) is 68.3 Å². The van der Waals surface area contributed by atoms with Gasteiger partial charge >= 0.3 is 5.97 Å². The van der Waals surface area contributed by atoms with E-state index in [-0.39, 0.29) is 21.0 Å². The molecule has 0 spiro atoms. The first-order chi connectivity index (χ1) is 8.38. The lowest BCUT2D eigenvalue weighted by Crippen LogP contribution is -2.44. The highest BCUT2D eigenvalue weighted by Gasteiger charge is 2.27. The molecule has 1 unspecified atom stereocenters. The van der Waals surface area contributed by atoms with Gasteiger partial charge in [0.2, 0.25) is 0 Å². The number of halogens is 2. The number of hydrogen-bond acceptors (Lipinski definition) is 5. The fourth-order valence-electron chi connectivity index (χ4n) is 1.23. The highest BCUT2D eigenvalue weighted by Crippen LogP contribution is 2.28. The Morgan fingerprint density at radius 2 is 2.00 bits per heavy atom. The number of ether oxygens (including phenoxy) is 1. The Morgan fingerprint density at radius 1 is 1.39 bits per heavy atom. The summed E-state index contributed by atoms with van der Waals surface area (Å²) in [6.07, 6.45) is 0. The predicted octanol–water partition coefficient (Wildman–Crippen LogP) is 2.38. The van der Waals surface area contributed by atoms with Crippen LogP contribution in [0.3, 0.4) is 0 Å². The largest absolute Gasteiger partial charge is 0.467 e. The lowest BCUT2D eigenvalue weighted by molar-refractivity contribution is -0.144. The van der Waals surface area contributed by atoms with E-state index in [4.69, 9.17) is 23.2 Å². The Balaban J connectivity index is 2.85. The molecule has 8 heteroatoms. The molecule has 1 aromatic rings.